The Labute approximate surface area is 115 Å². The summed E-state index contributed by atoms with van der Waals surface area (Å²) in [7, 11) is 0. The third-order valence-electron chi connectivity index (χ3n) is 2.83. The highest BCUT2D eigenvalue weighted by atomic mass is 32.1. The Bertz CT molecular complexity index is 729. The molecular weight excluding hydrogens is 256 g/mol. The molecule has 2 heterocycles. The maximum atomic E-state index is 12.0. The van der Waals surface area contributed by atoms with Crippen molar-refractivity contribution in [2.75, 3.05) is 0 Å². The quantitative estimate of drug-likeness (QED) is 0.509. The summed E-state index contributed by atoms with van der Waals surface area (Å²) in [5, 5.41) is 0.950. The van der Waals surface area contributed by atoms with Crippen molar-refractivity contribution in [2.45, 2.75) is 6.92 Å². The molecule has 0 atom stereocenters. The molecule has 3 rings (SSSR count). The van der Waals surface area contributed by atoms with Crippen LogP contribution in [0, 0.1) is 6.92 Å². The van der Waals surface area contributed by atoms with Crippen molar-refractivity contribution >= 4 is 34.2 Å². The molecule has 3 heteroatoms. The van der Waals surface area contributed by atoms with Gasteiger partial charge in [0.25, 0.3) is 0 Å². The van der Waals surface area contributed by atoms with Gasteiger partial charge in [-0.05, 0) is 43.3 Å². The molecule has 0 aliphatic heterocycles. The van der Waals surface area contributed by atoms with Crippen LogP contribution in [-0.4, -0.2) is 5.78 Å². The van der Waals surface area contributed by atoms with E-state index in [1.54, 1.807) is 23.5 Å². The number of hydrogen-bond acceptors (Lipinski definition) is 3. The van der Waals surface area contributed by atoms with Crippen LogP contribution >= 0.6 is 11.3 Å². The Kier molecular flexibility index (Phi) is 3.05. The molecule has 94 valence electrons. The molecular formula is C16H12O2S. The molecule has 0 saturated heterocycles. The van der Waals surface area contributed by atoms with E-state index in [1.807, 2.05) is 49.4 Å². The Morgan fingerprint density at radius 3 is 2.79 bits per heavy atom. The maximum Gasteiger partial charge on any atom is 0.221 e. The molecule has 0 radical (unpaired) electrons. The molecule has 2 aromatic heterocycles. The molecule has 0 unspecified atom stereocenters. The average Bonchev–Trinajstić information content (AvgIpc) is 3.01. The lowest BCUT2D eigenvalue weighted by Gasteiger charge is -1.87. The number of rotatable bonds is 3. The fourth-order valence-electron chi connectivity index (χ4n) is 1.89. The maximum absolute atomic E-state index is 12.0. The first kappa shape index (κ1) is 11.9. The normalized spacial score (nSPS) is 11.4. The predicted octanol–water partition coefficient (Wildman–Crippen LogP) is 4.70. The van der Waals surface area contributed by atoms with Gasteiger partial charge in [-0.25, -0.2) is 0 Å². The molecule has 0 aliphatic rings. The second-order valence-electron chi connectivity index (χ2n) is 4.29. The van der Waals surface area contributed by atoms with Gasteiger partial charge in [-0.2, -0.15) is 0 Å². The Hall–Kier alpha value is -2.13. The second kappa shape index (κ2) is 4.86. The van der Waals surface area contributed by atoms with Crippen molar-refractivity contribution < 1.29 is 9.21 Å². The Morgan fingerprint density at radius 2 is 2.05 bits per heavy atom. The first-order valence-electron chi connectivity index (χ1n) is 6.00. The molecule has 0 bridgehead atoms. The van der Waals surface area contributed by atoms with Gasteiger partial charge >= 0.3 is 0 Å². The van der Waals surface area contributed by atoms with E-state index in [1.165, 1.54) is 4.88 Å². The SMILES string of the molecule is Cc1ccc(C=CC(=O)c2cc3ccccc3o2)s1. The number of fused-ring (bicyclic) bond motifs is 1. The van der Waals surface area contributed by atoms with Gasteiger partial charge in [0, 0.05) is 15.1 Å². The summed E-state index contributed by atoms with van der Waals surface area (Å²) in [6.07, 6.45) is 3.39. The number of benzene rings is 1. The summed E-state index contributed by atoms with van der Waals surface area (Å²) in [4.78, 5) is 14.3. The highest BCUT2D eigenvalue weighted by Gasteiger charge is 2.08. The van der Waals surface area contributed by atoms with Gasteiger partial charge < -0.3 is 4.42 Å². The number of hydrogen-bond donors (Lipinski definition) is 0. The first-order valence-corrected chi connectivity index (χ1v) is 6.81. The van der Waals surface area contributed by atoms with E-state index in [4.69, 9.17) is 4.42 Å². The third kappa shape index (κ3) is 2.51. The predicted molar refractivity (Wildman–Crippen MR) is 78.6 cm³/mol. The number of allylic oxidation sites excluding steroid dienone is 1. The zero-order chi connectivity index (χ0) is 13.2. The zero-order valence-corrected chi connectivity index (χ0v) is 11.2. The van der Waals surface area contributed by atoms with Crippen LogP contribution in [0.2, 0.25) is 0 Å². The van der Waals surface area contributed by atoms with E-state index < -0.39 is 0 Å². The number of carbonyl (C=O) groups is 1. The largest absolute Gasteiger partial charge is 0.453 e. The van der Waals surface area contributed by atoms with Gasteiger partial charge in [-0.15, -0.1) is 11.3 Å². The summed E-state index contributed by atoms with van der Waals surface area (Å²) in [5.74, 6) is 0.271. The molecule has 0 saturated carbocycles. The molecule has 0 spiro atoms. The molecule has 19 heavy (non-hydrogen) atoms. The van der Waals surface area contributed by atoms with Gasteiger partial charge in [-0.1, -0.05) is 18.2 Å². The van der Waals surface area contributed by atoms with Crippen molar-refractivity contribution in [1.29, 1.82) is 0 Å². The highest BCUT2D eigenvalue weighted by Crippen LogP contribution is 2.20. The van der Waals surface area contributed by atoms with Crippen LogP contribution in [0.3, 0.4) is 0 Å². The second-order valence-corrected chi connectivity index (χ2v) is 5.61. The van der Waals surface area contributed by atoms with Crippen molar-refractivity contribution in [1.82, 2.24) is 0 Å². The number of ketones is 1. The monoisotopic (exact) mass is 268 g/mol. The Balaban J connectivity index is 1.85. The van der Waals surface area contributed by atoms with Crippen LogP contribution in [0.5, 0.6) is 0 Å². The lowest BCUT2D eigenvalue weighted by atomic mass is 10.2. The smallest absolute Gasteiger partial charge is 0.221 e. The highest BCUT2D eigenvalue weighted by molar-refractivity contribution is 7.12. The molecule has 0 N–H and O–H groups in total. The summed E-state index contributed by atoms with van der Waals surface area (Å²) < 4.78 is 5.53. The van der Waals surface area contributed by atoms with E-state index in [-0.39, 0.29) is 5.78 Å². The van der Waals surface area contributed by atoms with Crippen LogP contribution in [0.15, 0.2) is 53.0 Å². The molecule has 3 aromatic rings. The third-order valence-corrected chi connectivity index (χ3v) is 3.79. The average molecular weight is 268 g/mol. The van der Waals surface area contributed by atoms with Crippen LogP contribution in [0.1, 0.15) is 20.3 Å². The van der Waals surface area contributed by atoms with Crippen LogP contribution in [0.4, 0.5) is 0 Å². The van der Waals surface area contributed by atoms with Gasteiger partial charge in [0.1, 0.15) is 5.58 Å². The van der Waals surface area contributed by atoms with Gasteiger partial charge in [-0.3, -0.25) is 4.79 Å². The number of carbonyl (C=O) groups excluding carboxylic acids is 1. The molecule has 1 aromatic carbocycles. The number of para-hydroxylation sites is 1. The van der Waals surface area contributed by atoms with Gasteiger partial charge in [0.15, 0.2) is 5.76 Å². The molecule has 0 aliphatic carbocycles. The summed E-state index contributed by atoms with van der Waals surface area (Å²) in [6.45, 7) is 2.04. The van der Waals surface area contributed by atoms with Crippen LogP contribution in [-0.2, 0) is 0 Å². The van der Waals surface area contributed by atoms with E-state index >= 15 is 0 Å². The standard InChI is InChI=1S/C16H12O2S/c1-11-6-7-13(19-11)8-9-14(17)16-10-12-4-2-3-5-15(12)18-16/h2-10H,1H3. The minimum absolute atomic E-state index is 0.109. The van der Waals surface area contributed by atoms with Crippen molar-refractivity contribution in [3.05, 3.63) is 64.1 Å². The number of furan rings is 1. The minimum atomic E-state index is -0.109. The van der Waals surface area contributed by atoms with Crippen molar-refractivity contribution in [2.24, 2.45) is 0 Å². The fourth-order valence-corrected chi connectivity index (χ4v) is 2.67. The molecule has 2 nitrogen and oxygen atoms in total. The number of thiophene rings is 1. The number of aryl methyl sites for hydroxylation is 1. The van der Waals surface area contributed by atoms with Crippen molar-refractivity contribution in [3.8, 4) is 0 Å². The van der Waals surface area contributed by atoms with Gasteiger partial charge in [0.2, 0.25) is 5.78 Å². The fraction of sp³-hybridized carbons (Fsp3) is 0.0625. The van der Waals surface area contributed by atoms with Crippen molar-refractivity contribution in [3.63, 3.8) is 0 Å². The Morgan fingerprint density at radius 1 is 1.21 bits per heavy atom. The van der Waals surface area contributed by atoms with E-state index in [9.17, 15) is 4.79 Å². The molecule has 0 amide bonds. The molecule has 0 fully saturated rings. The van der Waals surface area contributed by atoms with E-state index in [0.717, 1.165) is 15.8 Å². The van der Waals surface area contributed by atoms with Gasteiger partial charge in [0.05, 0.1) is 0 Å². The lowest BCUT2D eigenvalue weighted by molar-refractivity contribution is 0.102. The topological polar surface area (TPSA) is 30.2 Å². The van der Waals surface area contributed by atoms with Crippen LogP contribution < -0.4 is 0 Å². The summed E-state index contributed by atoms with van der Waals surface area (Å²) in [6, 6.07) is 13.4. The minimum Gasteiger partial charge on any atom is -0.453 e. The lowest BCUT2D eigenvalue weighted by Crippen LogP contribution is -1.89. The summed E-state index contributed by atoms with van der Waals surface area (Å²) in [5.41, 5.74) is 0.742. The van der Waals surface area contributed by atoms with E-state index in [2.05, 4.69) is 0 Å². The van der Waals surface area contributed by atoms with Crippen LogP contribution in [0.25, 0.3) is 17.0 Å². The zero-order valence-electron chi connectivity index (χ0n) is 10.4. The first-order chi connectivity index (χ1) is 9.22. The van der Waals surface area contributed by atoms with E-state index in [0.29, 0.717) is 5.76 Å². The summed E-state index contributed by atoms with van der Waals surface area (Å²) >= 11 is 1.66.